The number of anilines is 1. The van der Waals surface area contributed by atoms with Gasteiger partial charge in [-0.25, -0.2) is 4.68 Å². The van der Waals surface area contributed by atoms with Crippen LogP contribution in [0.15, 0.2) is 36.5 Å². The van der Waals surface area contributed by atoms with Gasteiger partial charge in [0.15, 0.2) is 10.8 Å². The summed E-state index contributed by atoms with van der Waals surface area (Å²) in [6.07, 6.45) is 1.62. The zero-order valence-electron chi connectivity index (χ0n) is 10.1. The van der Waals surface area contributed by atoms with Crippen LogP contribution in [-0.4, -0.2) is 27.8 Å². The Balaban J connectivity index is 2.09. The molecule has 7 heteroatoms. The van der Waals surface area contributed by atoms with Crippen LogP contribution in [0.1, 0.15) is 10.5 Å². The van der Waals surface area contributed by atoms with Crippen LogP contribution in [0.5, 0.6) is 0 Å². The van der Waals surface area contributed by atoms with Crippen molar-refractivity contribution in [3.8, 4) is 0 Å². The van der Waals surface area contributed by atoms with Gasteiger partial charge in [0.1, 0.15) is 0 Å². The third-order valence-corrected chi connectivity index (χ3v) is 2.89. The van der Waals surface area contributed by atoms with Crippen LogP contribution in [0, 0.1) is 0 Å². The van der Waals surface area contributed by atoms with Gasteiger partial charge < -0.3 is 10.6 Å². The molecule has 0 aliphatic heterocycles. The highest BCUT2D eigenvalue weighted by Crippen LogP contribution is 2.13. The van der Waals surface area contributed by atoms with Crippen LogP contribution in [0.25, 0.3) is 0 Å². The highest BCUT2D eigenvalue weighted by atomic mass is 35.5. The van der Waals surface area contributed by atoms with Crippen molar-refractivity contribution in [1.29, 1.82) is 0 Å². The molecule has 0 bridgehead atoms. The molecule has 1 aromatic carbocycles. The Morgan fingerprint density at radius 2 is 2.00 bits per heavy atom. The summed E-state index contributed by atoms with van der Waals surface area (Å²) in [6.45, 7) is 0. The fourth-order valence-electron chi connectivity index (χ4n) is 1.40. The highest BCUT2D eigenvalue weighted by molar-refractivity contribution is 7.80. The highest BCUT2D eigenvalue weighted by Gasteiger charge is 2.09. The third kappa shape index (κ3) is 3.30. The molecule has 1 heterocycles. The van der Waals surface area contributed by atoms with Gasteiger partial charge in [0.05, 0.1) is 0 Å². The zero-order valence-corrected chi connectivity index (χ0v) is 11.6. The smallest absolute Gasteiger partial charge is 0.271 e. The maximum atomic E-state index is 11.4. The number of aromatic nitrogens is 2. The lowest BCUT2D eigenvalue weighted by Crippen LogP contribution is -2.22. The zero-order chi connectivity index (χ0) is 13.8. The number of rotatable bonds is 2. The summed E-state index contributed by atoms with van der Waals surface area (Å²) < 4.78 is 1.43. The van der Waals surface area contributed by atoms with Gasteiger partial charge in [-0.2, -0.15) is 5.10 Å². The summed E-state index contributed by atoms with van der Waals surface area (Å²) in [4.78, 5) is 11.4. The van der Waals surface area contributed by atoms with E-state index in [0.717, 1.165) is 5.69 Å². The van der Waals surface area contributed by atoms with Crippen LogP contribution >= 0.6 is 23.8 Å². The molecule has 0 saturated heterocycles. The van der Waals surface area contributed by atoms with Gasteiger partial charge >= 0.3 is 0 Å². The van der Waals surface area contributed by atoms with E-state index in [1.807, 2.05) is 0 Å². The number of hydrogen-bond donors (Lipinski definition) is 2. The van der Waals surface area contributed by atoms with Crippen LogP contribution in [-0.2, 0) is 0 Å². The lowest BCUT2D eigenvalue weighted by atomic mass is 10.3. The third-order valence-electron chi connectivity index (χ3n) is 2.35. The average Bonchev–Trinajstić information content (AvgIpc) is 2.90. The van der Waals surface area contributed by atoms with E-state index in [4.69, 9.17) is 23.8 Å². The number of benzene rings is 1. The van der Waals surface area contributed by atoms with Gasteiger partial charge in [-0.05, 0) is 42.5 Å². The van der Waals surface area contributed by atoms with E-state index < -0.39 is 0 Å². The van der Waals surface area contributed by atoms with Gasteiger partial charge in [-0.1, -0.05) is 11.6 Å². The Bertz CT molecular complexity index is 608. The van der Waals surface area contributed by atoms with Crippen molar-refractivity contribution in [1.82, 2.24) is 15.1 Å². The van der Waals surface area contributed by atoms with Crippen LogP contribution in [0.4, 0.5) is 5.69 Å². The largest absolute Gasteiger partial charge is 0.354 e. The molecular formula is C12H11ClN4OS. The Hall–Kier alpha value is -1.92. The van der Waals surface area contributed by atoms with E-state index in [2.05, 4.69) is 15.7 Å². The molecule has 5 nitrogen and oxygen atoms in total. The number of halogens is 1. The first-order valence-electron chi connectivity index (χ1n) is 5.45. The predicted molar refractivity (Wildman–Crippen MR) is 78.7 cm³/mol. The molecule has 2 N–H and O–H groups in total. The lowest BCUT2D eigenvalue weighted by Gasteiger charge is -2.07. The van der Waals surface area contributed by atoms with Gasteiger partial charge in [-0.3, -0.25) is 4.79 Å². The molecule has 0 spiro atoms. The maximum Gasteiger partial charge on any atom is 0.271 e. The number of nitrogens with zero attached hydrogens (tertiary/aromatic N) is 2. The first kappa shape index (κ1) is 13.5. The first-order valence-corrected chi connectivity index (χ1v) is 6.23. The molecule has 1 aromatic heterocycles. The molecule has 2 aromatic rings. The van der Waals surface area contributed by atoms with Crippen molar-refractivity contribution in [3.63, 3.8) is 0 Å². The van der Waals surface area contributed by atoms with Crippen molar-refractivity contribution in [3.05, 3.63) is 47.2 Å². The summed E-state index contributed by atoms with van der Waals surface area (Å²) in [6, 6.07) is 8.71. The molecule has 98 valence electrons. The monoisotopic (exact) mass is 294 g/mol. The van der Waals surface area contributed by atoms with Crippen LogP contribution in [0.2, 0.25) is 5.02 Å². The minimum Gasteiger partial charge on any atom is -0.354 e. The molecule has 2 rings (SSSR count). The number of carbonyl (C=O) groups is 1. The first-order chi connectivity index (χ1) is 9.10. The standard InChI is InChI=1S/C12H11ClN4OS/c1-14-11(18)10-6-7-17(16-10)12(19)15-9-4-2-8(13)3-5-9/h2-7H,1H3,(H,14,18)(H,15,19). The number of thiocarbonyl (C=S) groups is 1. The molecule has 1 amide bonds. The molecule has 19 heavy (non-hydrogen) atoms. The Morgan fingerprint density at radius 3 is 2.63 bits per heavy atom. The summed E-state index contributed by atoms with van der Waals surface area (Å²) in [5.74, 6) is -0.256. The number of hydrogen-bond acceptors (Lipinski definition) is 3. The predicted octanol–water partition coefficient (Wildman–Crippen LogP) is 2.14. The minimum absolute atomic E-state index is 0.256. The van der Waals surface area contributed by atoms with Crippen molar-refractivity contribution >= 4 is 40.5 Å². The summed E-state index contributed by atoms with van der Waals surface area (Å²) in [5.41, 5.74) is 1.11. The van der Waals surface area contributed by atoms with Gasteiger partial charge in [0.2, 0.25) is 0 Å². The quantitative estimate of drug-likeness (QED) is 0.833. The summed E-state index contributed by atoms with van der Waals surface area (Å²) >= 11 is 11.0. The number of nitrogens with one attached hydrogen (secondary N) is 2. The molecule has 0 radical (unpaired) electrons. The van der Waals surface area contributed by atoms with Gasteiger partial charge in [0.25, 0.3) is 5.91 Å². The van der Waals surface area contributed by atoms with Crippen molar-refractivity contribution < 1.29 is 4.79 Å². The second kappa shape index (κ2) is 5.81. The van der Waals surface area contributed by atoms with Crippen molar-refractivity contribution in [2.24, 2.45) is 0 Å². The van der Waals surface area contributed by atoms with Crippen LogP contribution < -0.4 is 10.6 Å². The Morgan fingerprint density at radius 1 is 1.32 bits per heavy atom. The van der Waals surface area contributed by atoms with Crippen molar-refractivity contribution in [2.45, 2.75) is 0 Å². The molecule has 0 aliphatic carbocycles. The number of carbonyl (C=O) groups excluding carboxylic acids is 1. The topological polar surface area (TPSA) is 59.0 Å². The fourth-order valence-corrected chi connectivity index (χ4v) is 1.75. The van der Waals surface area contributed by atoms with E-state index in [1.165, 1.54) is 4.68 Å². The maximum absolute atomic E-state index is 11.4. The van der Waals surface area contributed by atoms with Crippen molar-refractivity contribution in [2.75, 3.05) is 12.4 Å². The molecule has 0 atom stereocenters. The average molecular weight is 295 g/mol. The minimum atomic E-state index is -0.256. The molecular weight excluding hydrogens is 284 g/mol. The van der Waals surface area contributed by atoms with Crippen LogP contribution in [0.3, 0.4) is 0 Å². The van der Waals surface area contributed by atoms with E-state index in [9.17, 15) is 4.79 Å². The van der Waals surface area contributed by atoms with E-state index in [1.54, 1.807) is 43.6 Å². The molecule has 0 aliphatic rings. The molecule has 0 unspecified atom stereocenters. The summed E-state index contributed by atoms with van der Waals surface area (Å²) in [7, 11) is 1.55. The normalized spacial score (nSPS) is 10.0. The Kier molecular flexibility index (Phi) is 4.13. The van der Waals surface area contributed by atoms with Gasteiger partial charge in [-0.15, -0.1) is 0 Å². The van der Waals surface area contributed by atoms with E-state index in [-0.39, 0.29) is 5.91 Å². The Labute approximate surface area is 120 Å². The fraction of sp³-hybridized carbons (Fsp3) is 0.0833. The second-order valence-electron chi connectivity index (χ2n) is 3.66. The van der Waals surface area contributed by atoms with E-state index >= 15 is 0 Å². The SMILES string of the molecule is CNC(=O)c1ccn(C(=S)Nc2ccc(Cl)cc2)n1. The molecule has 0 fully saturated rings. The molecule has 0 saturated carbocycles. The lowest BCUT2D eigenvalue weighted by molar-refractivity contribution is 0.0958. The summed E-state index contributed by atoms with van der Waals surface area (Å²) in [5, 5.41) is 10.6. The van der Waals surface area contributed by atoms with E-state index in [0.29, 0.717) is 15.8 Å². The second-order valence-corrected chi connectivity index (χ2v) is 4.48. The van der Waals surface area contributed by atoms with Gasteiger partial charge in [0, 0.05) is 24.0 Å². The number of amides is 1.